The molecule has 1 atom stereocenters. The minimum atomic E-state index is -0.231. The highest BCUT2D eigenvalue weighted by atomic mass is 16.1. The summed E-state index contributed by atoms with van der Waals surface area (Å²) >= 11 is 0. The van der Waals surface area contributed by atoms with Gasteiger partial charge < -0.3 is 10.2 Å². The molecule has 0 heterocycles. The fourth-order valence-corrected chi connectivity index (χ4v) is 3.47. The zero-order chi connectivity index (χ0) is 19.8. The van der Waals surface area contributed by atoms with Crippen LogP contribution in [0.25, 0.3) is 0 Å². The second kappa shape index (κ2) is 9.75. The normalized spacial score (nSPS) is 11.6. The van der Waals surface area contributed by atoms with Crippen molar-refractivity contribution in [1.82, 2.24) is 0 Å². The van der Waals surface area contributed by atoms with Crippen molar-refractivity contribution in [2.24, 2.45) is 0 Å². The van der Waals surface area contributed by atoms with Crippen LogP contribution < -0.4 is 10.2 Å². The highest BCUT2D eigenvalue weighted by molar-refractivity contribution is 5.96. The van der Waals surface area contributed by atoms with Gasteiger partial charge in [-0.1, -0.05) is 60.7 Å². The Hall–Kier alpha value is -3.07. The summed E-state index contributed by atoms with van der Waals surface area (Å²) in [6, 6.07) is 28.3. The SMILES string of the molecule is CCN(CC)c1ccc(NC(=O)C(Cc2ccccc2)c2ccccc2)cc1. The number of benzene rings is 3. The summed E-state index contributed by atoms with van der Waals surface area (Å²) in [5, 5.41) is 3.11. The van der Waals surface area contributed by atoms with E-state index in [1.807, 2.05) is 60.7 Å². The van der Waals surface area contributed by atoms with Crippen LogP contribution >= 0.6 is 0 Å². The number of carbonyl (C=O) groups excluding carboxylic acids is 1. The van der Waals surface area contributed by atoms with Crippen LogP contribution in [0.15, 0.2) is 84.9 Å². The average Bonchev–Trinajstić information content (AvgIpc) is 2.75. The van der Waals surface area contributed by atoms with Crippen LogP contribution in [0.5, 0.6) is 0 Å². The number of anilines is 2. The van der Waals surface area contributed by atoms with Gasteiger partial charge in [0.2, 0.25) is 5.91 Å². The van der Waals surface area contributed by atoms with Crippen molar-refractivity contribution in [3.05, 3.63) is 96.1 Å². The monoisotopic (exact) mass is 372 g/mol. The molecule has 0 saturated heterocycles. The van der Waals surface area contributed by atoms with Gasteiger partial charge in [-0.05, 0) is 55.7 Å². The van der Waals surface area contributed by atoms with Crippen LogP contribution in [0.2, 0.25) is 0 Å². The van der Waals surface area contributed by atoms with E-state index in [0.717, 1.165) is 29.9 Å². The molecule has 144 valence electrons. The number of nitrogens with zero attached hydrogens (tertiary/aromatic N) is 1. The number of amides is 1. The van der Waals surface area contributed by atoms with Crippen LogP contribution in [-0.2, 0) is 11.2 Å². The largest absolute Gasteiger partial charge is 0.372 e. The summed E-state index contributed by atoms with van der Waals surface area (Å²) in [5.41, 5.74) is 4.19. The molecule has 0 saturated carbocycles. The Morgan fingerprint density at radius 2 is 1.39 bits per heavy atom. The number of rotatable bonds is 8. The first-order valence-electron chi connectivity index (χ1n) is 9.96. The molecule has 3 aromatic rings. The molecular formula is C25H28N2O. The maximum Gasteiger partial charge on any atom is 0.232 e. The second-order valence-electron chi connectivity index (χ2n) is 6.86. The third kappa shape index (κ3) is 5.01. The minimum absolute atomic E-state index is 0.0191. The molecule has 0 fully saturated rings. The second-order valence-corrected chi connectivity index (χ2v) is 6.86. The van der Waals surface area contributed by atoms with Gasteiger partial charge in [-0.2, -0.15) is 0 Å². The Balaban J connectivity index is 1.77. The van der Waals surface area contributed by atoms with E-state index >= 15 is 0 Å². The smallest absolute Gasteiger partial charge is 0.232 e. The number of hydrogen-bond donors (Lipinski definition) is 1. The fourth-order valence-electron chi connectivity index (χ4n) is 3.47. The van der Waals surface area contributed by atoms with Crippen molar-refractivity contribution in [3.63, 3.8) is 0 Å². The van der Waals surface area contributed by atoms with Crippen molar-refractivity contribution in [1.29, 1.82) is 0 Å². The number of carbonyl (C=O) groups is 1. The van der Waals surface area contributed by atoms with Crippen LogP contribution in [0.4, 0.5) is 11.4 Å². The summed E-state index contributed by atoms with van der Waals surface area (Å²) in [7, 11) is 0. The summed E-state index contributed by atoms with van der Waals surface area (Å²) in [6.45, 7) is 6.23. The Labute approximate surface area is 168 Å². The molecule has 0 radical (unpaired) electrons. The minimum Gasteiger partial charge on any atom is -0.372 e. The molecular weight excluding hydrogens is 344 g/mol. The van der Waals surface area contributed by atoms with Crippen LogP contribution in [0, 0.1) is 0 Å². The molecule has 0 aromatic heterocycles. The van der Waals surface area contributed by atoms with Gasteiger partial charge in [0.1, 0.15) is 0 Å². The zero-order valence-corrected chi connectivity index (χ0v) is 16.6. The lowest BCUT2D eigenvalue weighted by molar-refractivity contribution is -0.117. The highest BCUT2D eigenvalue weighted by Gasteiger charge is 2.21. The zero-order valence-electron chi connectivity index (χ0n) is 16.6. The van der Waals surface area contributed by atoms with E-state index in [4.69, 9.17) is 0 Å². The predicted molar refractivity (Wildman–Crippen MR) is 118 cm³/mol. The van der Waals surface area contributed by atoms with E-state index in [1.165, 1.54) is 5.69 Å². The van der Waals surface area contributed by atoms with Gasteiger partial charge in [0.15, 0.2) is 0 Å². The average molecular weight is 373 g/mol. The molecule has 1 amide bonds. The molecule has 0 bridgehead atoms. The molecule has 0 aliphatic rings. The van der Waals surface area contributed by atoms with Gasteiger partial charge in [-0.3, -0.25) is 4.79 Å². The molecule has 28 heavy (non-hydrogen) atoms. The van der Waals surface area contributed by atoms with Gasteiger partial charge in [-0.25, -0.2) is 0 Å². The van der Waals surface area contributed by atoms with Crippen LogP contribution in [-0.4, -0.2) is 19.0 Å². The predicted octanol–water partition coefficient (Wildman–Crippen LogP) is 5.50. The third-order valence-electron chi connectivity index (χ3n) is 5.06. The lowest BCUT2D eigenvalue weighted by Crippen LogP contribution is -2.23. The number of hydrogen-bond acceptors (Lipinski definition) is 2. The van der Waals surface area contributed by atoms with Crippen molar-refractivity contribution >= 4 is 17.3 Å². The van der Waals surface area contributed by atoms with Gasteiger partial charge in [-0.15, -0.1) is 0 Å². The molecule has 3 rings (SSSR count). The standard InChI is InChI=1S/C25H28N2O/c1-3-27(4-2)23-17-15-22(16-18-23)26-25(28)24(21-13-9-6-10-14-21)19-20-11-7-5-8-12-20/h5-18,24H,3-4,19H2,1-2H3,(H,26,28). The third-order valence-corrected chi connectivity index (χ3v) is 5.06. The first-order chi connectivity index (χ1) is 13.7. The summed E-state index contributed by atoms with van der Waals surface area (Å²) in [5.74, 6) is -0.211. The quantitative estimate of drug-likeness (QED) is 0.566. The van der Waals surface area contributed by atoms with Gasteiger partial charge in [0.25, 0.3) is 0 Å². The Morgan fingerprint density at radius 3 is 1.96 bits per heavy atom. The van der Waals surface area contributed by atoms with Crippen molar-refractivity contribution < 1.29 is 4.79 Å². The molecule has 0 spiro atoms. The molecule has 3 aromatic carbocycles. The fraction of sp³-hybridized carbons (Fsp3) is 0.240. The lowest BCUT2D eigenvalue weighted by atomic mass is 9.91. The lowest BCUT2D eigenvalue weighted by Gasteiger charge is -2.21. The number of nitrogens with one attached hydrogen (secondary N) is 1. The van der Waals surface area contributed by atoms with Gasteiger partial charge in [0, 0.05) is 24.5 Å². The Kier molecular flexibility index (Phi) is 6.85. The topological polar surface area (TPSA) is 32.3 Å². The first kappa shape index (κ1) is 19.7. The summed E-state index contributed by atoms with van der Waals surface area (Å²) in [4.78, 5) is 15.4. The molecule has 3 heteroatoms. The van der Waals surface area contributed by atoms with Gasteiger partial charge >= 0.3 is 0 Å². The first-order valence-corrected chi connectivity index (χ1v) is 9.96. The van der Waals surface area contributed by atoms with Crippen molar-refractivity contribution in [2.75, 3.05) is 23.3 Å². The van der Waals surface area contributed by atoms with Crippen molar-refractivity contribution in [3.8, 4) is 0 Å². The van der Waals surface area contributed by atoms with E-state index in [0.29, 0.717) is 6.42 Å². The van der Waals surface area contributed by atoms with Crippen LogP contribution in [0.3, 0.4) is 0 Å². The van der Waals surface area contributed by atoms with Crippen molar-refractivity contribution in [2.45, 2.75) is 26.2 Å². The van der Waals surface area contributed by atoms with Gasteiger partial charge in [0.05, 0.1) is 5.92 Å². The molecule has 1 N–H and O–H groups in total. The summed E-state index contributed by atoms with van der Waals surface area (Å²) in [6.07, 6.45) is 0.675. The maximum absolute atomic E-state index is 13.1. The highest BCUT2D eigenvalue weighted by Crippen LogP contribution is 2.24. The maximum atomic E-state index is 13.1. The Morgan fingerprint density at radius 1 is 0.821 bits per heavy atom. The van der Waals surface area contributed by atoms with E-state index < -0.39 is 0 Å². The van der Waals surface area contributed by atoms with Crippen LogP contribution in [0.1, 0.15) is 30.9 Å². The van der Waals surface area contributed by atoms with E-state index in [-0.39, 0.29) is 11.8 Å². The molecule has 0 aliphatic carbocycles. The van der Waals surface area contributed by atoms with E-state index in [1.54, 1.807) is 0 Å². The van der Waals surface area contributed by atoms with E-state index in [2.05, 4.69) is 48.3 Å². The summed E-state index contributed by atoms with van der Waals surface area (Å²) < 4.78 is 0. The Bertz CT molecular complexity index is 856. The molecule has 3 nitrogen and oxygen atoms in total. The molecule has 1 unspecified atom stereocenters. The van der Waals surface area contributed by atoms with E-state index in [9.17, 15) is 4.79 Å². The molecule has 0 aliphatic heterocycles.